The number of thiophene rings is 1. The Morgan fingerprint density at radius 3 is 2.70 bits per heavy atom. The third-order valence-electron chi connectivity index (χ3n) is 5.47. The minimum absolute atomic E-state index is 0.0785. The number of amides is 1. The van der Waals surface area contributed by atoms with Gasteiger partial charge in [-0.05, 0) is 61.8 Å². The summed E-state index contributed by atoms with van der Waals surface area (Å²) in [7, 11) is 0. The fourth-order valence-corrected chi connectivity index (χ4v) is 7.28. The maximum absolute atomic E-state index is 12.8. The third kappa shape index (κ3) is 2.16. The van der Waals surface area contributed by atoms with Crippen molar-refractivity contribution in [2.45, 2.75) is 49.4 Å². The molecule has 4 aliphatic carbocycles. The van der Waals surface area contributed by atoms with E-state index in [1.54, 1.807) is 11.3 Å². The number of hydrogen-bond acceptors (Lipinski definition) is 2. The summed E-state index contributed by atoms with van der Waals surface area (Å²) in [6.45, 7) is 0.697. The molecular weight excluding hydrogens is 334 g/mol. The Labute approximate surface area is 132 Å². The summed E-state index contributed by atoms with van der Waals surface area (Å²) in [6.07, 6.45) is 7.20. The van der Waals surface area contributed by atoms with Crippen molar-refractivity contribution < 1.29 is 4.79 Å². The molecule has 0 aromatic carbocycles. The van der Waals surface area contributed by atoms with Crippen LogP contribution in [0.3, 0.4) is 0 Å². The first kappa shape index (κ1) is 13.3. The van der Waals surface area contributed by atoms with Gasteiger partial charge < -0.3 is 5.32 Å². The van der Waals surface area contributed by atoms with Crippen molar-refractivity contribution in [3.05, 3.63) is 22.4 Å². The van der Waals surface area contributed by atoms with Gasteiger partial charge in [-0.15, -0.1) is 11.3 Å². The number of nitrogens with one attached hydrogen (secondary N) is 1. The fourth-order valence-electron chi connectivity index (χ4n) is 5.18. The molecule has 4 saturated carbocycles. The normalized spacial score (nSPS) is 41.9. The van der Waals surface area contributed by atoms with Gasteiger partial charge in [-0.2, -0.15) is 0 Å². The van der Waals surface area contributed by atoms with Crippen molar-refractivity contribution in [1.29, 1.82) is 0 Å². The topological polar surface area (TPSA) is 29.1 Å². The lowest BCUT2D eigenvalue weighted by Gasteiger charge is -2.59. The number of carbonyl (C=O) groups excluding carboxylic acids is 1. The molecule has 2 nitrogen and oxygen atoms in total. The molecule has 1 aromatic rings. The smallest absolute Gasteiger partial charge is 0.226 e. The van der Waals surface area contributed by atoms with Crippen molar-refractivity contribution in [2.24, 2.45) is 17.3 Å². The van der Waals surface area contributed by atoms with Crippen LogP contribution in [0, 0.1) is 17.3 Å². The Kier molecular flexibility index (Phi) is 3.05. The highest BCUT2D eigenvalue weighted by Crippen LogP contribution is 2.64. The Balaban J connectivity index is 1.51. The summed E-state index contributed by atoms with van der Waals surface area (Å²) in [5.74, 6) is 1.84. The van der Waals surface area contributed by atoms with Gasteiger partial charge in [0.1, 0.15) is 0 Å². The number of hydrogen-bond donors (Lipinski definition) is 1. The van der Waals surface area contributed by atoms with E-state index < -0.39 is 0 Å². The summed E-state index contributed by atoms with van der Waals surface area (Å²) in [5.41, 5.74) is -0.0785. The molecule has 5 rings (SSSR count). The molecule has 20 heavy (non-hydrogen) atoms. The third-order valence-corrected chi connectivity index (χ3v) is 7.28. The standard InChI is InChI=1S/C16H20BrNOS/c17-16-7-11-4-12(8-16)6-15(5-11,10-16)14(19)18-9-13-2-1-3-20-13/h1-3,11-12H,4-10H2,(H,18,19). The number of rotatable bonds is 3. The lowest BCUT2D eigenvalue weighted by Crippen LogP contribution is -2.58. The molecule has 1 N–H and O–H groups in total. The summed E-state index contributed by atoms with van der Waals surface area (Å²) in [5, 5.41) is 5.28. The zero-order chi connectivity index (χ0) is 13.8. The highest BCUT2D eigenvalue weighted by Gasteiger charge is 2.59. The van der Waals surface area contributed by atoms with Crippen LogP contribution in [0.15, 0.2) is 17.5 Å². The second kappa shape index (κ2) is 4.57. The summed E-state index contributed by atoms with van der Waals surface area (Å²) < 4.78 is 0.261. The molecule has 1 amide bonds. The fraction of sp³-hybridized carbons (Fsp3) is 0.688. The number of halogens is 1. The SMILES string of the molecule is O=C(NCc1cccs1)C12CC3CC(CC(Br)(C3)C1)C2. The Morgan fingerprint density at radius 2 is 2.10 bits per heavy atom. The predicted molar refractivity (Wildman–Crippen MR) is 84.9 cm³/mol. The van der Waals surface area contributed by atoms with Crippen LogP contribution in [-0.4, -0.2) is 10.2 Å². The lowest BCUT2D eigenvalue weighted by molar-refractivity contribution is -0.144. The van der Waals surface area contributed by atoms with Crippen molar-refractivity contribution in [2.75, 3.05) is 0 Å². The summed E-state index contributed by atoms with van der Waals surface area (Å²) in [4.78, 5) is 14.1. The minimum Gasteiger partial charge on any atom is -0.351 e. The van der Waals surface area contributed by atoms with Crippen molar-refractivity contribution >= 4 is 33.2 Å². The Morgan fingerprint density at radius 1 is 1.35 bits per heavy atom. The first-order chi connectivity index (χ1) is 9.57. The van der Waals surface area contributed by atoms with Crippen LogP contribution < -0.4 is 5.32 Å². The van der Waals surface area contributed by atoms with Crippen LogP contribution in [0.5, 0.6) is 0 Å². The molecule has 2 atom stereocenters. The first-order valence-electron chi connectivity index (χ1n) is 7.57. The largest absolute Gasteiger partial charge is 0.351 e. The number of alkyl halides is 1. The Hall–Kier alpha value is -0.350. The molecule has 1 heterocycles. The predicted octanol–water partition coefficient (Wildman–Crippen LogP) is 4.10. The monoisotopic (exact) mass is 353 g/mol. The van der Waals surface area contributed by atoms with E-state index in [1.165, 1.54) is 24.1 Å². The minimum atomic E-state index is -0.0785. The quantitative estimate of drug-likeness (QED) is 0.814. The van der Waals surface area contributed by atoms with E-state index in [0.717, 1.165) is 31.1 Å². The van der Waals surface area contributed by atoms with Gasteiger partial charge in [0.05, 0.1) is 12.0 Å². The van der Waals surface area contributed by atoms with Gasteiger partial charge in [0.2, 0.25) is 5.91 Å². The van der Waals surface area contributed by atoms with Gasteiger partial charge in [0.25, 0.3) is 0 Å². The molecule has 4 heteroatoms. The van der Waals surface area contributed by atoms with E-state index in [0.29, 0.717) is 12.5 Å². The molecule has 4 fully saturated rings. The summed E-state index contributed by atoms with van der Waals surface area (Å²) in [6, 6.07) is 4.14. The van der Waals surface area contributed by atoms with Crippen LogP contribution in [0.2, 0.25) is 0 Å². The summed E-state index contributed by atoms with van der Waals surface area (Å²) >= 11 is 5.69. The molecule has 0 saturated heterocycles. The zero-order valence-electron chi connectivity index (χ0n) is 11.5. The average molecular weight is 354 g/mol. The highest BCUT2D eigenvalue weighted by atomic mass is 79.9. The van der Waals surface area contributed by atoms with E-state index in [9.17, 15) is 4.79 Å². The second-order valence-electron chi connectivity index (χ2n) is 7.15. The molecule has 0 radical (unpaired) electrons. The van der Waals surface area contributed by atoms with E-state index in [2.05, 4.69) is 32.7 Å². The second-order valence-corrected chi connectivity index (χ2v) is 9.87. The zero-order valence-corrected chi connectivity index (χ0v) is 13.9. The van der Waals surface area contributed by atoms with Gasteiger partial charge in [-0.1, -0.05) is 22.0 Å². The lowest BCUT2D eigenvalue weighted by atomic mass is 9.49. The van der Waals surface area contributed by atoms with E-state index in [4.69, 9.17) is 0 Å². The van der Waals surface area contributed by atoms with Gasteiger partial charge >= 0.3 is 0 Å². The van der Waals surface area contributed by atoms with Crippen molar-refractivity contribution in [3.63, 3.8) is 0 Å². The van der Waals surface area contributed by atoms with E-state index >= 15 is 0 Å². The van der Waals surface area contributed by atoms with Crippen LogP contribution in [0.4, 0.5) is 0 Å². The molecule has 1 aromatic heterocycles. The van der Waals surface area contributed by atoms with Gasteiger partial charge in [-0.3, -0.25) is 4.79 Å². The average Bonchev–Trinajstić information content (AvgIpc) is 2.85. The molecule has 108 valence electrons. The maximum Gasteiger partial charge on any atom is 0.226 e. The van der Waals surface area contributed by atoms with Crippen LogP contribution in [0.25, 0.3) is 0 Å². The van der Waals surface area contributed by atoms with Crippen LogP contribution in [0.1, 0.15) is 43.4 Å². The Bertz CT molecular complexity index is 513. The van der Waals surface area contributed by atoms with Crippen molar-refractivity contribution in [1.82, 2.24) is 5.32 Å². The van der Waals surface area contributed by atoms with Gasteiger partial charge in [0, 0.05) is 9.20 Å². The number of carbonyl (C=O) groups is 1. The van der Waals surface area contributed by atoms with Gasteiger partial charge in [0.15, 0.2) is 0 Å². The van der Waals surface area contributed by atoms with Crippen LogP contribution in [-0.2, 0) is 11.3 Å². The van der Waals surface area contributed by atoms with Crippen LogP contribution >= 0.6 is 27.3 Å². The van der Waals surface area contributed by atoms with E-state index in [1.807, 2.05) is 6.07 Å². The van der Waals surface area contributed by atoms with Crippen molar-refractivity contribution in [3.8, 4) is 0 Å². The molecule has 2 unspecified atom stereocenters. The molecule has 4 bridgehead atoms. The molecular formula is C16H20BrNOS. The molecule has 0 aliphatic heterocycles. The van der Waals surface area contributed by atoms with Gasteiger partial charge in [-0.25, -0.2) is 0 Å². The first-order valence-corrected chi connectivity index (χ1v) is 9.24. The molecule has 0 spiro atoms. The molecule has 4 aliphatic rings. The van der Waals surface area contributed by atoms with E-state index in [-0.39, 0.29) is 9.74 Å². The highest BCUT2D eigenvalue weighted by molar-refractivity contribution is 9.10. The maximum atomic E-state index is 12.8.